The van der Waals surface area contributed by atoms with Crippen LogP contribution >= 0.6 is 11.8 Å². The van der Waals surface area contributed by atoms with E-state index in [9.17, 15) is 14.4 Å². The predicted octanol–water partition coefficient (Wildman–Crippen LogP) is 5.57. The van der Waals surface area contributed by atoms with Gasteiger partial charge in [0.15, 0.2) is 16.7 Å². The van der Waals surface area contributed by atoms with Crippen molar-refractivity contribution in [2.75, 3.05) is 6.61 Å². The zero-order chi connectivity index (χ0) is 23.9. The molecule has 8 heteroatoms. The first-order valence-electron chi connectivity index (χ1n) is 10.5. The van der Waals surface area contributed by atoms with Gasteiger partial charge >= 0.3 is 0 Å². The van der Waals surface area contributed by atoms with Crippen LogP contribution in [0.3, 0.4) is 0 Å². The predicted molar refractivity (Wildman–Crippen MR) is 130 cm³/mol. The molecule has 0 bridgehead atoms. The van der Waals surface area contributed by atoms with Crippen LogP contribution in [-0.2, 0) is 11.4 Å². The third-order valence-electron chi connectivity index (χ3n) is 4.79. The van der Waals surface area contributed by atoms with Crippen molar-refractivity contribution in [3.63, 3.8) is 0 Å². The summed E-state index contributed by atoms with van der Waals surface area (Å²) in [6.45, 7) is 2.54. The molecular weight excluding hydrogens is 453 g/mol. The van der Waals surface area contributed by atoms with Gasteiger partial charge in [0, 0.05) is 5.56 Å². The van der Waals surface area contributed by atoms with E-state index in [1.807, 2.05) is 31.2 Å². The first-order chi connectivity index (χ1) is 16.6. The van der Waals surface area contributed by atoms with Gasteiger partial charge < -0.3 is 14.8 Å². The number of aliphatic imine (C=N–C) groups is 1. The number of halogens is 1. The van der Waals surface area contributed by atoms with Crippen LogP contribution < -0.4 is 14.8 Å². The minimum Gasteiger partial charge on any atom is -0.490 e. The average Bonchev–Trinajstić information content (AvgIpc) is 3.18. The van der Waals surface area contributed by atoms with Crippen molar-refractivity contribution in [2.45, 2.75) is 13.5 Å². The van der Waals surface area contributed by atoms with Crippen molar-refractivity contribution in [3.8, 4) is 17.6 Å². The van der Waals surface area contributed by atoms with Crippen LogP contribution in [0.1, 0.15) is 23.6 Å². The highest BCUT2D eigenvalue weighted by molar-refractivity contribution is 8.18. The van der Waals surface area contributed by atoms with E-state index in [-0.39, 0.29) is 18.3 Å². The van der Waals surface area contributed by atoms with Gasteiger partial charge in [0.05, 0.1) is 28.8 Å². The SMILES string of the molecule is CCOc1cc(/C=C2/SC(=Nc3ccc(F)cc3)NC2=O)ccc1OCc1ccccc1C#N. The lowest BCUT2D eigenvalue weighted by atomic mass is 10.1. The van der Waals surface area contributed by atoms with Gasteiger partial charge in [-0.15, -0.1) is 0 Å². The maximum absolute atomic E-state index is 13.1. The van der Waals surface area contributed by atoms with Crippen LogP contribution in [-0.4, -0.2) is 17.7 Å². The van der Waals surface area contributed by atoms with Crippen LogP contribution in [0.4, 0.5) is 10.1 Å². The summed E-state index contributed by atoms with van der Waals surface area (Å²) >= 11 is 1.20. The number of hydrogen-bond acceptors (Lipinski definition) is 6. The Bertz CT molecular complexity index is 1310. The van der Waals surface area contributed by atoms with E-state index >= 15 is 0 Å². The van der Waals surface area contributed by atoms with E-state index in [4.69, 9.17) is 9.47 Å². The van der Waals surface area contributed by atoms with E-state index in [1.54, 1.807) is 36.4 Å². The highest BCUT2D eigenvalue weighted by Gasteiger charge is 2.24. The molecule has 1 aliphatic rings. The van der Waals surface area contributed by atoms with Crippen LogP contribution in [0.25, 0.3) is 6.08 Å². The fraction of sp³-hybridized carbons (Fsp3) is 0.115. The van der Waals surface area contributed by atoms with Gasteiger partial charge in [-0.3, -0.25) is 4.79 Å². The molecule has 1 amide bonds. The van der Waals surface area contributed by atoms with Crippen molar-refractivity contribution in [2.24, 2.45) is 4.99 Å². The quantitative estimate of drug-likeness (QED) is 0.454. The smallest absolute Gasteiger partial charge is 0.264 e. The maximum atomic E-state index is 13.1. The van der Waals surface area contributed by atoms with Gasteiger partial charge in [0.1, 0.15) is 12.4 Å². The fourth-order valence-corrected chi connectivity index (χ4v) is 4.02. The van der Waals surface area contributed by atoms with Crippen LogP contribution in [0.2, 0.25) is 0 Å². The summed E-state index contributed by atoms with van der Waals surface area (Å²) in [6.07, 6.45) is 1.74. The Kier molecular flexibility index (Phi) is 7.25. The fourth-order valence-electron chi connectivity index (χ4n) is 3.18. The average molecular weight is 474 g/mol. The van der Waals surface area contributed by atoms with Gasteiger partial charge in [-0.25, -0.2) is 9.38 Å². The highest BCUT2D eigenvalue weighted by atomic mass is 32.2. The number of nitrogens with one attached hydrogen (secondary N) is 1. The molecule has 1 fully saturated rings. The number of ether oxygens (including phenoxy) is 2. The molecule has 0 atom stereocenters. The summed E-state index contributed by atoms with van der Waals surface area (Å²) in [5.74, 6) is 0.463. The summed E-state index contributed by atoms with van der Waals surface area (Å²) < 4.78 is 24.8. The zero-order valence-electron chi connectivity index (χ0n) is 18.2. The number of benzene rings is 3. The monoisotopic (exact) mass is 473 g/mol. The van der Waals surface area contributed by atoms with Crippen molar-refractivity contribution in [1.29, 1.82) is 5.26 Å². The first kappa shape index (κ1) is 23.1. The van der Waals surface area contributed by atoms with Crippen molar-refractivity contribution in [3.05, 3.63) is 94.1 Å². The lowest BCUT2D eigenvalue weighted by Gasteiger charge is -2.13. The number of hydrogen-bond donors (Lipinski definition) is 1. The third-order valence-corrected chi connectivity index (χ3v) is 5.70. The number of amidine groups is 1. The molecular formula is C26H20FN3O3S. The Morgan fingerprint density at radius 2 is 1.88 bits per heavy atom. The molecule has 1 aliphatic heterocycles. The number of rotatable bonds is 7. The summed E-state index contributed by atoms with van der Waals surface area (Å²) in [7, 11) is 0. The lowest BCUT2D eigenvalue weighted by Crippen LogP contribution is -2.19. The summed E-state index contributed by atoms with van der Waals surface area (Å²) in [5, 5.41) is 12.4. The molecule has 0 unspecified atom stereocenters. The minimum absolute atomic E-state index is 0.228. The molecule has 0 aliphatic carbocycles. The number of thioether (sulfide) groups is 1. The molecule has 6 nitrogen and oxygen atoms in total. The van der Waals surface area contributed by atoms with Gasteiger partial charge in [-0.2, -0.15) is 5.26 Å². The third kappa shape index (κ3) is 5.63. The molecule has 34 heavy (non-hydrogen) atoms. The number of carbonyl (C=O) groups excluding carboxylic acids is 1. The molecule has 1 heterocycles. The molecule has 1 N–H and O–H groups in total. The molecule has 0 radical (unpaired) electrons. The topological polar surface area (TPSA) is 83.7 Å². The number of carbonyl (C=O) groups is 1. The second-order valence-electron chi connectivity index (χ2n) is 7.15. The largest absolute Gasteiger partial charge is 0.490 e. The summed E-state index contributed by atoms with van der Waals surface area (Å²) in [5.41, 5.74) is 2.65. The van der Waals surface area contributed by atoms with Crippen LogP contribution in [0, 0.1) is 17.1 Å². The molecule has 0 saturated carbocycles. The van der Waals surface area contributed by atoms with Gasteiger partial charge in [0.2, 0.25) is 0 Å². The number of amides is 1. The summed E-state index contributed by atoms with van der Waals surface area (Å²) in [6, 6.07) is 20.5. The Labute approximate surface area is 200 Å². The first-order valence-corrected chi connectivity index (χ1v) is 11.3. The second kappa shape index (κ2) is 10.7. The zero-order valence-corrected chi connectivity index (χ0v) is 19.1. The maximum Gasteiger partial charge on any atom is 0.264 e. The molecule has 0 spiro atoms. The number of nitriles is 1. The molecule has 170 valence electrons. The molecule has 0 aromatic heterocycles. The normalized spacial score (nSPS) is 15.3. The van der Waals surface area contributed by atoms with E-state index in [1.165, 1.54) is 23.9 Å². The van der Waals surface area contributed by atoms with Crippen molar-refractivity contribution >= 4 is 34.6 Å². The van der Waals surface area contributed by atoms with Crippen molar-refractivity contribution < 1.29 is 18.7 Å². The molecule has 3 aromatic rings. The van der Waals surface area contributed by atoms with Crippen LogP contribution in [0.15, 0.2) is 76.6 Å². The minimum atomic E-state index is -0.348. The van der Waals surface area contributed by atoms with E-state index in [0.29, 0.717) is 39.4 Å². The molecule has 4 rings (SSSR count). The summed E-state index contributed by atoms with van der Waals surface area (Å²) in [4.78, 5) is 17.2. The van der Waals surface area contributed by atoms with Gasteiger partial charge in [0.25, 0.3) is 5.91 Å². The number of nitrogens with zero attached hydrogens (tertiary/aromatic N) is 2. The van der Waals surface area contributed by atoms with Gasteiger partial charge in [-0.1, -0.05) is 24.3 Å². The van der Waals surface area contributed by atoms with E-state index < -0.39 is 0 Å². The molecule has 1 saturated heterocycles. The van der Waals surface area contributed by atoms with Gasteiger partial charge in [-0.05, 0) is 72.8 Å². The highest BCUT2D eigenvalue weighted by Crippen LogP contribution is 2.33. The molecule has 3 aromatic carbocycles. The standard InChI is InChI=1S/C26H20FN3O3S/c1-2-32-23-13-17(7-12-22(23)33-16-19-6-4-3-5-18(19)15-28)14-24-25(31)30-26(34-24)29-21-10-8-20(27)9-11-21/h3-14H,2,16H2,1H3,(H,29,30,31)/b24-14+. The van der Waals surface area contributed by atoms with Crippen LogP contribution in [0.5, 0.6) is 11.5 Å². The Balaban J connectivity index is 1.52. The Morgan fingerprint density at radius 3 is 2.65 bits per heavy atom. The Hall–Kier alpha value is -4.09. The van der Waals surface area contributed by atoms with E-state index in [0.717, 1.165) is 11.1 Å². The van der Waals surface area contributed by atoms with E-state index in [2.05, 4.69) is 16.4 Å². The lowest BCUT2D eigenvalue weighted by molar-refractivity contribution is -0.115. The Morgan fingerprint density at radius 1 is 1.09 bits per heavy atom. The second-order valence-corrected chi connectivity index (χ2v) is 8.19. The van der Waals surface area contributed by atoms with Crippen molar-refractivity contribution in [1.82, 2.24) is 5.32 Å².